The fraction of sp³-hybridized carbons (Fsp3) is 0.951. The smallest absolute Gasteiger partial charge is 0.462 e. The molecule has 0 radical (unpaired) electrons. The molecule has 0 amide bonds. The molecule has 0 spiro atoms. The summed E-state index contributed by atoms with van der Waals surface area (Å²) in [6.45, 7) is 11.9. The van der Waals surface area contributed by atoms with Gasteiger partial charge in [-0.1, -0.05) is 376 Å². The average molecular weight is 1480 g/mol. The van der Waals surface area contributed by atoms with E-state index in [0.29, 0.717) is 25.7 Å². The zero-order valence-electron chi connectivity index (χ0n) is 66.4. The van der Waals surface area contributed by atoms with Crippen molar-refractivity contribution < 1.29 is 80.2 Å². The van der Waals surface area contributed by atoms with Crippen LogP contribution in [0.4, 0.5) is 0 Å². The number of carbonyl (C=O) groups is 4. The van der Waals surface area contributed by atoms with Gasteiger partial charge in [0, 0.05) is 25.7 Å². The molecule has 0 aromatic carbocycles. The van der Waals surface area contributed by atoms with Crippen molar-refractivity contribution in [3.8, 4) is 0 Å². The van der Waals surface area contributed by atoms with Gasteiger partial charge in [-0.25, -0.2) is 9.13 Å². The summed E-state index contributed by atoms with van der Waals surface area (Å²) >= 11 is 0. The van der Waals surface area contributed by atoms with E-state index >= 15 is 0 Å². The molecular formula is C82H160O17P2. The predicted molar refractivity (Wildman–Crippen MR) is 414 cm³/mol. The summed E-state index contributed by atoms with van der Waals surface area (Å²) in [4.78, 5) is 73.0. The molecule has 0 aliphatic carbocycles. The van der Waals surface area contributed by atoms with Crippen LogP contribution in [0, 0.1) is 17.8 Å². The zero-order chi connectivity index (χ0) is 74.4. The van der Waals surface area contributed by atoms with Crippen LogP contribution in [0.1, 0.15) is 427 Å². The van der Waals surface area contributed by atoms with E-state index in [-0.39, 0.29) is 25.7 Å². The normalized spacial score (nSPS) is 14.0. The molecular weight excluding hydrogens is 1320 g/mol. The molecule has 5 atom stereocenters. The Bertz CT molecular complexity index is 1960. The minimum atomic E-state index is -4.96. The zero-order valence-corrected chi connectivity index (χ0v) is 68.2. The van der Waals surface area contributed by atoms with E-state index in [1.807, 2.05) is 0 Å². The summed E-state index contributed by atoms with van der Waals surface area (Å²) in [5.74, 6) is 0.150. The Hall–Kier alpha value is -1.94. The Kier molecular flexibility index (Phi) is 70.9. The van der Waals surface area contributed by atoms with Gasteiger partial charge in [-0.2, -0.15) is 0 Å². The Balaban J connectivity index is 5.22. The average Bonchev–Trinajstić information content (AvgIpc) is 0.919. The third kappa shape index (κ3) is 76.1. The predicted octanol–water partition coefficient (Wildman–Crippen LogP) is 24.5. The second kappa shape index (κ2) is 72.3. The summed E-state index contributed by atoms with van der Waals surface area (Å²) in [5.41, 5.74) is 0. The number of ether oxygens (including phenoxy) is 4. The monoisotopic (exact) mass is 1480 g/mol. The molecule has 19 heteroatoms. The van der Waals surface area contributed by atoms with Crippen molar-refractivity contribution in [1.29, 1.82) is 0 Å². The summed E-state index contributed by atoms with van der Waals surface area (Å²) in [6, 6.07) is 0. The molecule has 0 aliphatic heterocycles. The van der Waals surface area contributed by atoms with Crippen LogP contribution in [0.5, 0.6) is 0 Å². The van der Waals surface area contributed by atoms with Crippen molar-refractivity contribution in [1.82, 2.24) is 0 Å². The van der Waals surface area contributed by atoms with E-state index in [1.165, 1.54) is 238 Å². The lowest BCUT2D eigenvalue weighted by Crippen LogP contribution is -2.30. The number of hydrogen-bond acceptors (Lipinski definition) is 15. The molecule has 0 saturated heterocycles. The van der Waals surface area contributed by atoms with Crippen LogP contribution in [-0.2, 0) is 65.4 Å². The van der Waals surface area contributed by atoms with Crippen molar-refractivity contribution in [2.24, 2.45) is 17.8 Å². The van der Waals surface area contributed by atoms with Gasteiger partial charge >= 0.3 is 39.5 Å². The number of phosphoric acid groups is 2. The number of rotatable bonds is 80. The first-order valence-electron chi connectivity index (χ1n) is 42.3. The molecule has 2 unspecified atom stereocenters. The molecule has 0 heterocycles. The molecule has 0 aromatic heterocycles. The van der Waals surface area contributed by atoms with E-state index in [0.717, 1.165) is 108 Å². The standard InChI is InChI=1S/C82H160O17P2/c1-8-9-10-11-12-13-14-15-16-17-18-19-20-21-22-23-24-29-35-44-51-58-65-81(86)98-77(69-92-79(84)63-56-49-42-34-30-25-27-32-39-46-53-60-73(2)3)71-96-100(88,89)94-67-76(83)68-95-101(90,91)97-72-78(70-93-80(85)64-57-50-43-38-37-41-48-55-62-75(6)7)99-82(87)66-59-52-45-36-31-26-28-33-40-47-54-61-74(4)5/h73-78,83H,8-72H2,1-7H3,(H,88,89)(H,90,91)/t76-,77-,78-/m1/s1. The van der Waals surface area contributed by atoms with E-state index < -0.39 is 97.5 Å². The Morgan fingerprint density at radius 3 is 0.673 bits per heavy atom. The highest BCUT2D eigenvalue weighted by Gasteiger charge is 2.30. The van der Waals surface area contributed by atoms with Gasteiger partial charge < -0.3 is 33.8 Å². The van der Waals surface area contributed by atoms with Crippen molar-refractivity contribution >= 4 is 39.5 Å². The lowest BCUT2D eigenvalue weighted by Gasteiger charge is -2.21. The second-order valence-corrected chi connectivity index (χ2v) is 33.8. The van der Waals surface area contributed by atoms with Gasteiger partial charge in [0.2, 0.25) is 0 Å². The van der Waals surface area contributed by atoms with E-state index in [1.54, 1.807) is 0 Å². The molecule has 101 heavy (non-hydrogen) atoms. The molecule has 0 bridgehead atoms. The van der Waals surface area contributed by atoms with Gasteiger partial charge in [-0.3, -0.25) is 37.3 Å². The SMILES string of the molecule is CCCCCCCCCCCCCCCCCCCCCCCCC(=O)O[C@H](COC(=O)CCCCCCCCCCCCCC(C)C)COP(=O)(O)OC[C@@H](O)COP(=O)(O)OC[C@@H](COC(=O)CCCCCCCCCCC(C)C)OC(=O)CCCCCCCCCCCCCC(C)C. The van der Waals surface area contributed by atoms with Crippen LogP contribution in [-0.4, -0.2) is 96.7 Å². The van der Waals surface area contributed by atoms with Crippen LogP contribution < -0.4 is 0 Å². The number of unbranched alkanes of at least 4 members (excludes halogenated alkanes) is 48. The highest BCUT2D eigenvalue weighted by Crippen LogP contribution is 2.45. The number of esters is 4. The fourth-order valence-electron chi connectivity index (χ4n) is 12.7. The van der Waals surface area contributed by atoms with Gasteiger partial charge in [-0.05, 0) is 43.4 Å². The van der Waals surface area contributed by atoms with E-state index in [2.05, 4.69) is 48.5 Å². The van der Waals surface area contributed by atoms with Gasteiger partial charge in [0.1, 0.15) is 19.3 Å². The minimum absolute atomic E-state index is 0.106. The van der Waals surface area contributed by atoms with Crippen LogP contribution in [0.3, 0.4) is 0 Å². The molecule has 17 nitrogen and oxygen atoms in total. The van der Waals surface area contributed by atoms with Gasteiger partial charge in [0.25, 0.3) is 0 Å². The van der Waals surface area contributed by atoms with Crippen LogP contribution in [0.2, 0.25) is 0 Å². The molecule has 0 fully saturated rings. The maximum Gasteiger partial charge on any atom is 0.472 e. The quantitative estimate of drug-likeness (QED) is 0.0222. The lowest BCUT2D eigenvalue weighted by atomic mass is 10.0. The van der Waals surface area contributed by atoms with Crippen molar-refractivity contribution in [2.75, 3.05) is 39.6 Å². The van der Waals surface area contributed by atoms with E-state index in [9.17, 15) is 43.2 Å². The highest BCUT2D eigenvalue weighted by molar-refractivity contribution is 7.47. The minimum Gasteiger partial charge on any atom is -0.462 e. The first-order chi connectivity index (χ1) is 48.7. The van der Waals surface area contributed by atoms with Crippen LogP contribution in [0.25, 0.3) is 0 Å². The van der Waals surface area contributed by atoms with Crippen molar-refractivity contribution in [2.45, 2.75) is 446 Å². The first kappa shape index (κ1) is 99.1. The first-order valence-corrected chi connectivity index (χ1v) is 45.3. The molecule has 0 aliphatic rings. The number of aliphatic hydroxyl groups is 1. The Morgan fingerprint density at radius 2 is 0.455 bits per heavy atom. The number of aliphatic hydroxyl groups excluding tert-OH is 1. The maximum absolute atomic E-state index is 13.1. The topological polar surface area (TPSA) is 237 Å². The lowest BCUT2D eigenvalue weighted by molar-refractivity contribution is -0.161. The molecule has 3 N–H and O–H groups in total. The van der Waals surface area contributed by atoms with Gasteiger partial charge in [0.15, 0.2) is 12.2 Å². The van der Waals surface area contributed by atoms with Crippen LogP contribution in [0.15, 0.2) is 0 Å². The molecule has 0 aromatic rings. The van der Waals surface area contributed by atoms with E-state index in [4.69, 9.17) is 37.0 Å². The number of phosphoric ester groups is 2. The molecule has 0 saturated carbocycles. The van der Waals surface area contributed by atoms with Crippen LogP contribution >= 0.6 is 15.6 Å². The second-order valence-electron chi connectivity index (χ2n) is 30.9. The van der Waals surface area contributed by atoms with Crippen molar-refractivity contribution in [3.63, 3.8) is 0 Å². The van der Waals surface area contributed by atoms with Crippen molar-refractivity contribution in [3.05, 3.63) is 0 Å². The third-order valence-electron chi connectivity index (χ3n) is 19.1. The summed E-state index contributed by atoms with van der Waals surface area (Å²) in [5, 5.41) is 10.6. The van der Waals surface area contributed by atoms with Gasteiger partial charge in [-0.15, -0.1) is 0 Å². The maximum atomic E-state index is 13.1. The van der Waals surface area contributed by atoms with Gasteiger partial charge in [0.05, 0.1) is 26.4 Å². The number of carbonyl (C=O) groups excluding carboxylic acids is 4. The summed E-state index contributed by atoms with van der Waals surface area (Å²) in [6.07, 6.45) is 61.2. The summed E-state index contributed by atoms with van der Waals surface area (Å²) in [7, 11) is -9.92. The fourth-order valence-corrected chi connectivity index (χ4v) is 14.2. The largest absolute Gasteiger partial charge is 0.472 e. The summed E-state index contributed by atoms with van der Waals surface area (Å²) < 4.78 is 68.7. The highest BCUT2D eigenvalue weighted by atomic mass is 31.2. The molecule has 600 valence electrons. The third-order valence-corrected chi connectivity index (χ3v) is 21.0. The number of hydrogen-bond donors (Lipinski definition) is 3. The molecule has 0 rings (SSSR count). The Labute approximate surface area is 619 Å². The Morgan fingerprint density at radius 1 is 0.267 bits per heavy atom.